The van der Waals surface area contributed by atoms with Crippen molar-refractivity contribution in [1.82, 2.24) is 0 Å². The number of benzene rings is 2. The van der Waals surface area contributed by atoms with Crippen molar-refractivity contribution in [2.24, 2.45) is 11.5 Å². The van der Waals surface area contributed by atoms with E-state index in [1.165, 1.54) is 11.1 Å². The highest BCUT2D eigenvalue weighted by Crippen LogP contribution is 2.37. The number of fused-ring (bicyclic) bond motifs is 3. The Balaban J connectivity index is 2.33. The molecule has 0 amide bonds. The van der Waals surface area contributed by atoms with Crippen LogP contribution in [0, 0.1) is 0 Å². The van der Waals surface area contributed by atoms with Crippen molar-refractivity contribution in [2.75, 3.05) is 0 Å². The number of rotatable bonds is 0. The summed E-state index contributed by atoms with van der Waals surface area (Å²) in [7, 11) is 0. The Kier molecular flexibility index (Phi) is 1.90. The van der Waals surface area contributed by atoms with Gasteiger partial charge in [0.1, 0.15) is 0 Å². The smallest absolute Gasteiger partial charge is 0.0946 e. The van der Waals surface area contributed by atoms with Gasteiger partial charge >= 0.3 is 0 Å². The van der Waals surface area contributed by atoms with E-state index in [-0.39, 0.29) is 0 Å². The summed E-state index contributed by atoms with van der Waals surface area (Å²) < 4.78 is 0. The molecular weight excluding hydrogens is 196 g/mol. The van der Waals surface area contributed by atoms with E-state index in [0.29, 0.717) is 6.42 Å². The predicted octanol–water partition coefficient (Wildman–Crippen LogP) is 1.98. The average molecular weight is 210 g/mol. The molecule has 0 bridgehead atoms. The van der Waals surface area contributed by atoms with Gasteiger partial charge in [0.25, 0.3) is 0 Å². The zero-order chi connectivity index (χ0) is 11.2. The maximum atomic E-state index is 6.18. The maximum absolute atomic E-state index is 6.18. The van der Waals surface area contributed by atoms with Crippen LogP contribution in [0.1, 0.15) is 11.1 Å². The quantitative estimate of drug-likeness (QED) is 0.653. The van der Waals surface area contributed by atoms with Crippen LogP contribution in [0.5, 0.6) is 0 Å². The van der Waals surface area contributed by atoms with Crippen molar-refractivity contribution in [1.29, 1.82) is 0 Å². The van der Waals surface area contributed by atoms with E-state index in [9.17, 15) is 0 Å². The summed E-state index contributed by atoms with van der Waals surface area (Å²) in [6, 6.07) is 16.4. The van der Waals surface area contributed by atoms with Gasteiger partial charge in [-0.1, -0.05) is 48.5 Å². The van der Waals surface area contributed by atoms with Crippen LogP contribution in [-0.2, 0) is 12.1 Å². The molecule has 4 N–H and O–H groups in total. The fraction of sp³-hybridized carbons (Fsp3) is 0.143. The van der Waals surface area contributed by atoms with E-state index in [1.807, 2.05) is 24.3 Å². The highest BCUT2D eigenvalue weighted by Gasteiger charge is 2.31. The van der Waals surface area contributed by atoms with Crippen molar-refractivity contribution in [2.45, 2.75) is 12.1 Å². The van der Waals surface area contributed by atoms with Crippen LogP contribution in [0.2, 0.25) is 0 Å². The summed E-state index contributed by atoms with van der Waals surface area (Å²) in [5.41, 5.74) is 16.3. The summed E-state index contributed by atoms with van der Waals surface area (Å²) >= 11 is 0. The molecule has 0 atom stereocenters. The molecule has 1 aliphatic rings. The molecule has 0 saturated heterocycles. The summed E-state index contributed by atoms with van der Waals surface area (Å²) in [5, 5.41) is 0. The number of hydrogen-bond acceptors (Lipinski definition) is 2. The van der Waals surface area contributed by atoms with Gasteiger partial charge < -0.3 is 11.5 Å². The molecule has 3 rings (SSSR count). The molecule has 1 aliphatic carbocycles. The molecule has 2 aromatic carbocycles. The van der Waals surface area contributed by atoms with E-state index < -0.39 is 5.66 Å². The van der Waals surface area contributed by atoms with Crippen molar-refractivity contribution < 1.29 is 0 Å². The summed E-state index contributed by atoms with van der Waals surface area (Å²) in [5.74, 6) is 0. The molecule has 0 saturated carbocycles. The molecule has 2 heteroatoms. The van der Waals surface area contributed by atoms with E-state index in [2.05, 4.69) is 24.3 Å². The van der Waals surface area contributed by atoms with Gasteiger partial charge in [-0.05, 0) is 22.3 Å². The first kappa shape index (κ1) is 9.58. The minimum atomic E-state index is -0.745. The molecular formula is C14H14N2. The first-order chi connectivity index (χ1) is 7.68. The van der Waals surface area contributed by atoms with Gasteiger partial charge in [0.15, 0.2) is 0 Å². The molecule has 0 aromatic heterocycles. The second kappa shape index (κ2) is 3.17. The largest absolute Gasteiger partial charge is 0.309 e. The summed E-state index contributed by atoms with van der Waals surface area (Å²) in [6.45, 7) is 0. The molecule has 0 spiro atoms. The minimum Gasteiger partial charge on any atom is -0.309 e. The number of hydrogen-bond donors (Lipinski definition) is 2. The van der Waals surface area contributed by atoms with Gasteiger partial charge in [-0.25, -0.2) is 0 Å². The Bertz CT molecular complexity index is 544. The Morgan fingerprint density at radius 3 is 2.25 bits per heavy atom. The van der Waals surface area contributed by atoms with Crippen LogP contribution < -0.4 is 11.5 Å². The van der Waals surface area contributed by atoms with Crippen LogP contribution in [0.4, 0.5) is 0 Å². The molecule has 0 unspecified atom stereocenters. The van der Waals surface area contributed by atoms with E-state index in [1.54, 1.807) is 0 Å². The molecule has 0 fully saturated rings. The lowest BCUT2D eigenvalue weighted by atomic mass is 9.79. The van der Waals surface area contributed by atoms with E-state index in [0.717, 1.165) is 11.1 Å². The third-order valence-corrected chi connectivity index (χ3v) is 3.22. The van der Waals surface area contributed by atoms with Crippen LogP contribution in [0.25, 0.3) is 11.1 Å². The van der Waals surface area contributed by atoms with Crippen molar-refractivity contribution in [3.63, 3.8) is 0 Å². The second-order valence-corrected chi connectivity index (χ2v) is 4.42. The lowest BCUT2D eigenvalue weighted by Crippen LogP contribution is -2.49. The van der Waals surface area contributed by atoms with Gasteiger partial charge in [-0.3, -0.25) is 0 Å². The molecule has 2 aromatic rings. The summed E-state index contributed by atoms with van der Waals surface area (Å²) in [6.07, 6.45) is 0.695. The molecule has 0 heterocycles. The van der Waals surface area contributed by atoms with Crippen LogP contribution >= 0.6 is 0 Å². The van der Waals surface area contributed by atoms with Crippen LogP contribution in [0.15, 0.2) is 48.5 Å². The van der Waals surface area contributed by atoms with Gasteiger partial charge in [0.05, 0.1) is 5.66 Å². The zero-order valence-corrected chi connectivity index (χ0v) is 8.98. The second-order valence-electron chi connectivity index (χ2n) is 4.42. The fourth-order valence-corrected chi connectivity index (χ4v) is 2.47. The Hall–Kier alpha value is -1.64. The van der Waals surface area contributed by atoms with Gasteiger partial charge in [-0.15, -0.1) is 0 Å². The lowest BCUT2D eigenvalue weighted by molar-refractivity contribution is 0.457. The molecule has 80 valence electrons. The predicted molar refractivity (Wildman–Crippen MR) is 65.6 cm³/mol. The van der Waals surface area contributed by atoms with Gasteiger partial charge in [0, 0.05) is 6.42 Å². The first-order valence-electron chi connectivity index (χ1n) is 5.44. The topological polar surface area (TPSA) is 52.0 Å². The number of nitrogens with two attached hydrogens (primary N) is 2. The molecule has 0 aliphatic heterocycles. The Morgan fingerprint density at radius 2 is 1.44 bits per heavy atom. The Labute approximate surface area is 94.9 Å². The van der Waals surface area contributed by atoms with E-state index in [4.69, 9.17) is 11.5 Å². The van der Waals surface area contributed by atoms with Crippen LogP contribution in [-0.4, -0.2) is 0 Å². The van der Waals surface area contributed by atoms with Crippen LogP contribution in [0.3, 0.4) is 0 Å². The highest BCUT2D eigenvalue weighted by atomic mass is 15.0. The molecule has 16 heavy (non-hydrogen) atoms. The van der Waals surface area contributed by atoms with Crippen molar-refractivity contribution in [3.8, 4) is 11.1 Å². The molecule has 0 radical (unpaired) electrons. The lowest BCUT2D eigenvalue weighted by Gasteiger charge is -2.33. The maximum Gasteiger partial charge on any atom is 0.0946 e. The van der Waals surface area contributed by atoms with Crippen molar-refractivity contribution in [3.05, 3.63) is 59.7 Å². The first-order valence-corrected chi connectivity index (χ1v) is 5.44. The molecule has 2 nitrogen and oxygen atoms in total. The minimum absolute atomic E-state index is 0.695. The van der Waals surface area contributed by atoms with Gasteiger partial charge in [0.2, 0.25) is 0 Å². The summed E-state index contributed by atoms with van der Waals surface area (Å²) in [4.78, 5) is 0. The Morgan fingerprint density at radius 1 is 0.812 bits per heavy atom. The fourth-order valence-electron chi connectivity index (χ4n) is 2.47. The normalized spacial score (nSPS) is 16.4. The highest BCUT2D eigenvalue weighted by molar-refractivity contribution is 5.74. The van der Waals surface area contributed by atoms with E-state index >= 15 is 0 Å². The SMILES string of the molecule is NC1(N)Cc2ccccc2-c2ccccc21. The van der Waals surface area contributed by atoms with Gasteiger partial charge in [-0.2, -0.15) is 0 Å². The monoisotopic (exact) mass is 210 g/mol. The third kappa shape index (κ3) is 1.28. The third-order valence-electron chi connectivity index (χ3n) is 3.22. The standard InChI is InChI=1S/C14H14N2/c15-14(16)9-10-5-1-2-6-11(10)12-7-3-4-8-13(12)14/h1-8H,9,15-16H2. The van der Waals surface area contributed by atoms with Crippen molar-refractivity contribution >= 4 is 0 Å². The zero-order valence-electron chi connectivity index (χ0n) is 8.98. The average Bonchev–Trinajstić information content (AvgIpc) is 2.29.